The molecule has 1 heterocycles. The monoisotopic (exact) mass is 431 g/mol. The highest BCUT2D eigenvalue weighted by Crippen LogP contribution is 2.21. The van der Waals surface area contributed by atoms with Crippen LogP contribution in [-0.4, -0.2) is 25.1 Å². The number of aromatic nitrogens is 1. The van der Waals surface area contributed by atoms with E-state index >= 15 is 0 Å². The summed E-state index contributed by atoms with van der Waals surface area (Å²) in [5, 5.41) is 3.52. The molecule has 1 aromatic heterocycles. The zero-order valence-electron chi connectivity index (χ0n) is 15.4. The summed E-state index contributed by atoms with van der Waals surface area (Å²) in [6.45, 7) is 2.02. The number of carbonyl (C=O) groups excluding carboxylic acids is 1. The summed E-state index contributed by atoms with van der Waals surface area (Å²) in [7, 11) is -4.06. The van der Waals surface area contributed by atoms with E-state index in [0.717, 1.165) is 16.8 Å². The maximum absolute atomic E-state index is 13.8. The van der Waals surface area contributed by atoms with Crippen LogP contribution in [0.2, 0.25) is 0 Å². The van der Waals surface area contributed by atoms with Gasteiger partial charge in [-0.3, -0.25) is 9.52 Å². The Bertz CT molecular complexity index is 1120. The number of amides is 1. The fourth-order valence-corrected chi connectivity index (χ4v) is 4.14. The molecule has 150 valence electrons. The maximum Gasteiger partial charge on any atom is 0.262 e. The lowest BCUT2D eigenvalue weighted by Gasteiger charge is -2.10. The largest absolute Gasteiger partial charge is 0.321 e. The number of rotatable bonds is 7. The third-order valence-electron chi connectivity index (χ3n) is 3.81. The number of thioether (sulfide) groups is 1. The summed E-state index contributed by atoms with van der Waals surface area (Å²) in [5.41, 5.74) is 0.472. The fraction of sp³-hybridized carbons (Fsp3) is 0.100. The lowest BCUT2D eigenvalue weighted by molar-refractivity contribution is 0.102. The minimum atomic E-state index is -4.06. The molecule has 0 radical (unpaired) electrons. The summed E-state index contributed by atoms with van der Waals surface area (Å²) in [5.74, 6) is -0.284. The van der Waals surface area contributed by atoms with E-state index in [-0.39, 0.29) is 16.1 Å². The van der Waals surface area contributed by atoms with Gasteiger partial charge in [-0.25, -0.2) is 17.8 Å². The summed E-state index contributed by atoms with van der Waals surface area (Å²) in [4.78, 5) is 16.6. The number of para-hydroxylation sites is 1. The number of carbonyl (C=O) groups is 1. The molecule has 2 N–H and O–H groups in total. The third kappa shape index (κ3) is 5.33. The molecule has 0 spiro atoms. The highest BCUT2D eigenvalue weighted by Gasteiger charge is 2.18. The number of halogens is 1. The average molecular weight is 432 g/mol. The van der Waals surface area contributed by atoms with E-state index in [1.807, 2.05) is 6.92 Å². The Balaban J connectivity index is 1.77. The number of nitrogens with one attached hydrogen (secondary N) is 2. The van der Waals surface area contributed by atoms with Gasteiger partial charge in [0.25, 0.3) is 15.9 Å². The molecule has 0 unspecified atom stereocenters. The molecule has 0 fully saturated rings. The number of sulfonamides is 1. The van der Waals surface area contributed by atoms with E-state index in [0.29, 0.717) is 5.69 Å². The van der Waals surface area contributed by atoms with Crippen LogP contribution in [0.1, 0.15) is 17.3 Å². The topological polar surface area (TPSA) is 88.2 Å². The third-order valence-corrected chi connectivity index (χ3v) is 6.00. The van der Waals surface area contributed by atoms with E-state index in [2.05, 4.69) is 15.0 Å². The molecule has 0 saturated heterocycles. The molecule has 0 atom stereocenters. The van der Waals surface area contributed by atoms with E-state index in [4.69, 9.17) is 0 Å². The minimum absolute atomic E-state index is 0.147. The van der Waals surface area contributed by atoms with Gasteiger partial charge in [0.1, 0.15) is 5.82 Å². The Labute approximate surface area is 172 Å². The molecule has 0 aliphatic carbocycles. The van der Waals surface area contributed by atoms with Crippen molar-refractivity contribution in [1.82, 2.24) is 4.98 Å². The molecule has 3 aromatic rings. The molecule has 3 rings (SSSR count). The standard InChI is InChI=1S/C20H18FN3O3S2/c1-2-28-19-11-10-15(13-22-19)23-20(25)14-6-5-7-16(12-14)29(26,27)24-18-9-4-3-8-17(18)21/h3-13,24H,2H2,1H3,(H,23,25). The van der Waals surface area contributed by atoms with Gasteiger partial charge in [0.05, 0.1) is 27.5 Å². The summed E-state index contributed by atoms with van der Waals surface area (Å²) in [6, 6.07) is 14.5. The van der Waals surface area contributed by atoms with E-state index in [9.17, 15) is 17.6 Å². The second kappa shape index (κ2) is 9.06. The molecule has 2 aromatic carbocycles. The van der Waals surface area contributed by atoms with Crippen molar-refractivity contribution in [1.29, 1.82) is 0 Å². The molecule has 0 aliphatic heterocycles. The van der Waals surface area contributed by atoms with Crippen LogP contribution in [0.3, 0.4) is 0 Å². The SMILES string of the molecule is CCSc1ccc(NC(=O)c2cccc(S(=O)(=O)Nc3ccccc3F)c2)cn1. The predicted octanol–water partition coefficient (Wildman–Crippen LogP) is 4.39. The van der Waals surface area contributed by atoms with Gasteiger partial charge in [-0.15, -0.1) is 11.8 Å². The second-order valence-corrected chi connectivity index (χ2v) is 8.85. The fourth-order valence-electron chi connectivity index (χ4n) is 2.44. The first kappa shape index (κ1) is 20.8. The Morgan fingerprint density at radius 3 is 2.59 bits per heavy atom. The second-order valence-electron chi connectivity index (χ2n) is 5.89. The summed E-state index contributed by atoms with van der Waals surface area (Å²) >= 11 is 1.58. The Hall–Kier alpha value is -2.91. The van der Waals surface area contributed by atoms with Crippen LogP contribution >= 0.6 is 11.8 Å². The Kier molecular flexibility index (Phi) is 6.50. The predicted molar refractivity (Wildman–Crippen MR) is 112 cm³/mol. The zero-order valence-corrected chi connectivity index (χ0v) is 17.1. The first-order valence-electron chi connectivity index (χ1n) is 8.66. The van der Waals surface area contributed by atoms with Gasteiger partial charge in [-0.1, -0.05) is 25.1 Å². The van der Waals surface area contributed by atoms with E-state index in [1.54, 1.807) is 23.9 Å². The van der Waals surface area contributed by atoms with Crippen molar-refractivity contribution in [3.63, 3.8) is 0 Å². The van der Waals surface area contributed by atoms with Crippen molar-refractivity contribution in [3.05, 3.63) is 78.2 Å². The van der Waals surface area contributed by atoms with Gasteiger partial charge < -0.3 is 5.32 Å². The number of anilines is 2. The van der Waals surface area contributed by atoms with E-state index < -0.39 is 21.7 Å². The van der Waals surface area contributed by atoms with Crippen LogP contribution in [0.4, 0.5) is 15.8 Å². The van der Waals surface area contributed by atoms with Crippen LogP contribution in [-0.2, 0) is 10.0 Å². The quantitative estimate of drug-likeness (QED) is 0.542. The van der Waals surface area contributed by atoms with Crippen LogP contribution in [0, 0.1) is 5.82 Å². The van der Waals surface area contributed by atoms with Gasteiger partial charge in [-0.2, -0.15) is 0 Å². The Morgan fingerprint density at radius 2 is 1.90 bits per heavy atom. The first-order valence-corrected chi connectivity index (χ1v) is 11.1. The van der Waals surface area contributed by atoms with Crippen molar-refractivity contribution in [2.24, 2.45) is 0 Å². The number of pyridine rings is 1. The molecule has 9 heteroatoms. The van der Waals surface area contributed by atoms with Gasteiger partial charge in [0, 0.05) is 5.56 Å². The first-order chi connectivity index (χ1) is 13.9. The van der Waals surface area contributed by atoms with Crippen LogP contribution in [0.25, 0.3) is 0 Å². The number of benzene rings is 2. The molecule has 0 aliphatic rings. The molecular formula is C20H18FN3O3S2. The molecule has 0 bridgehead atoms. The normalized spacial score (nSPS) is 11.1. The van der Waals surface area contributed by atoms with Gasteiger partial charge in [0.15, 0.2) is 0 Å². The van der Waals surface area contributed by atoms with Crippen molar-refractivity contribution in [3.8, 4) is 0 Å². The van der Waals surface area contributed by atoms with Gasteiger partial charge in [0.2, 0.25) is 0 Å². The molecule has 6 nitrogen and oxygen atoms in total. The maximum atomic E-state index is 13.8. The van der Waals surface area contributed by atoms with Crippen molar-refractivity contribution < 1.29 is 17.6 Å². The van der Waals surface area contributed by atoms with Crippen molar-refractivity contribution >= 4 is 39.1 Å². The van der Waals surface area contributed by atoms with Gasteiger partial charge >= 0.3 is 0 Å². The highest BCUT2D eigenvalue weighted by molar-refractivity contribution is 7.99. The number of hydrogen-bond acceptors (Lipinski definition) is 5. The lowest BCUT2D eigenvalue weighted by Crippen LogP contribution is -2.16. The lowest BCUT2D eigenvalue weighted by atomic mass is 10.2. The molecular weight excluding hydrogens is 413 g/mol. The van der Waals surface area contributed by atoms with Crippen LogP contribution in [0.5, 0.6) is 0 Å². The van der Waals surface area contributed by atoms with Crippen LogP contribution < -0.4 is 10.0 Å². The van der Waals surface area contributed by atoms with Crippen molar-refractivity contribution in [2.45, 2.75) is 16.8 Å². The highest BCUT2D eigenvalue weighted by atomic mass is 32.2. The Morgan fingerprint density at radius 1 is 1.10 bits per heavy atom. The number of hydrogen-bond donors (Lipinski definition) is 2. The summed E-state index contributed by atoms with van der Waals surface area (Å²) in [6.07, 6.45) is 1.54. The average Bonchev–Trinajstić information content (AvgIpc) is 2.71. The zero-order chi connectivity index (χ0) is 20.9. The number of nitrogens with zero attached hydrogens (tertiary/aromatic N) is 1. The smallest absolute Gasteiger partial charge is 0.262 e. The van der Waals surface area contributed by atoms with Gasteiger partial charge in [-0.05, 0) is 48.2 Å². The molecule has 29 heavy (non-hydrogen) atoms. The molecule has 1 amide bonds. The van der Waals surface area contributed by atoms with Crippen molar-refractivity contribution in [2.75, 3.05) is 15.8 Å². The molecule has 0 saturated carbocycles. The minimum Gasteiger partial charge on any atom is -0.321 e. The van der Waals surface area contributed by atoms with E-state index in [1.165, 1.54) is 48.7 Å². The summed E-state index contributed by atoms with van der Waals surface area (Å²) < 4.78 is 41.1. The van der Waals surface area contributed by atoms with Crippen LogP contribution in [0.15, 0.2) is 76.8 Å².